The summed E-state index contributed by atoms with van der Waals surface area (Å²) in [5.41, 5.74) is 8.17. The number of fused-ring (bicyclic) bond motifs is 1. The van der Waals surface area contributed by atoms with E-state index in [0.717, 1.165) is 9.65 Å². The van der Waals surface area contributed by atoms with Gasteiger partial charge in [-0.25, -0.2) is 0 Å². The zero-order valence-corrected chi connectivity index (χ0v) is 11.4. The first-order valence-corrected chi connectivity index (χ1v) is 7.12. The van der Waals surface area contributed by atoms with Gasteiger partial charge in [0.25, 0.3) is 0 Å². The fourth-order valence-corrected chi connectivity index (χ4v) is 3.62. The molecule has 0 unspecified atom stereocenters. The van der Waals surface area contributed by atoms with Gasteiger partial charge in [0, 0.05) is 0 Å². The maximum atomic E-state index is 12.0. The van der Waals surface area contributed by atoms with E-state index in [1.807, 2.05) is 27.8 Å². The van der Waals surface area contributed by atoms with Crippen LogP contribution in [0.5, 0.6) is 0 Å². The van der Waals surface area contributed by atoms with E-state index in [1.165, 1.54) is 0 Å². The van der Waals surface area contributed by atoms with Gasteiger partial charge in [0.2, 0.25) is 0 Å². The molecule has 0 saturated heterocycles. The zero-order valence-electron chi connectivity index (χ0n) is 9.65. The van der Waals surface area contributed by atoms with Gasteiger partial charge < -0.3 is 0 Å². The number of aromatic nitrogens is 1. The van der Waals surface area contributed by atoms with E-state index in [0.29, 0.717) is 26.3 Å². The topological polar surface area (TPSA) is 80.0 Å². The summed E-state index contributed by atoms with van der Waals surface area (Å²) in [6.07, 6.45) is 0. The Balaban J connectivity index is 1.94. The monoisotopic (exact) mass is 312 g/mol. The molecule has 0 N–H and O–H groups in total. The number of azide groups is 1. The molecule has 1 aromatic heterocycles. The van der Waals surface area contributed by atoms with E-state index in [4.69, 9.17) is 10.3 Å². The fourth-order valence-electron chi connectivity index (χ4n) is 1.56. The van der Waals surface area contributed by atoms with Crippen molar-refractivity contribution in [2.75, 3.05) is 19.8 Å². The molecule has 6 nitrogen and oxygen atoms in total. The van der Waals surface area contributed by atoms with Gasteiger partial charge in [-0.05, 0) is 0 Å². The van der Waals surface area contributed by atoms with Crippen LogP contribution in [-0.2, 0) is 11.3 Å². The van der Waals surface area contributed by atoms with E-state index in [1.54, 1.807) is 0 Å². The van der Waals surface area contributed by atoms with Crippen molar-refractivity contribution in [2.24, 2.45) is 5.11 Å². The second kappa shape index (κ2) is 6.42. The molecule has 0 atom stereocenters. The molecule has 94 valence electrons. The molecule has 7 heteroatoms. The third-order valence-corrected chi connectivity index (χ3v) is 4.74. The number of hydrogen-bond acceptors (Lipinski definition) is 3. The van der Waals surface area contributed by atoms with Crippen LogP contribution in [0.25, 0.3) is 20.1 Å². The molecule has 0 saturated carbocycles. The molecular formula is C11H12N4O2Se. The summed E-state index contributed by atoms with van der Waals surface area (Å²) < 4.78 is 8.25. The van der Waals surface area contributed by atoms with Crippen LogP contribution in [0.2, 0.25) is 0 Å². The first-order valence-electron chi connectivity index (χ1n) is 5.50. The van der Waals surface area contributed by atoms with Crippen molar-refractivity contribution >= 4 is 24.4 Å². The van der Waals surface area contributed by atoms with Gasteiger partial charge in [-0.2, -0.15) is 0 Å². The molecule has 0 radical (unpaired) electrons. The molecule has 0 fully saturated rings. The summed E-state index contributed by atoms with van der Waals surface area (Å²) in [4.78, 5) is 14.6. The first kappa shape index (κ1) is 12.9. The van der Waals surface area contributed by atoms with Gasteiger partial charge in [0.15, 0.2) is 0 Å². The van der Waals surface area contributed by atoms with Crippen LogP contribution in [0.3, 0.4) is 0 Å². The molecular weight excluding hydrogens is 299 g/mol. The number of ether oxygens (including phenoxy) is 1. The van der Waals surface area contributed by atoms with Crippen molar-refractivity contribution in [3.05, 3.63) is 45.1 Å². The van der Waals surface area contributed by atoms with Crippen molar-refractivity contribution < 1.29 is 4.74 Å². The molecule has 0 spiro atoms. The van der Waals surface area contributed by atoms with Gasteiger partial charge in [-0.15, -0.1) is 0 Å². The van der Waals surface area contributed by atoms with Crippen LogP contribution in [0.15, 0.2) is 34.2 Å². The summed E-state index contributed by atoms with van der Waals surface area (Å²) >= 11 is 0.0574. The second-order valence-electron chi connectivity index (χ2n) is 3.56. The Hall–Kier alpha value is -1.52. The van der Waals surface area contributed by atoms with Crippen LogP contribution in [-0.4, -0.2) is 38.1 Å². The van der Waals surface area contributed by atoms with Gasteiger partial charge >= 0.3 is 109 Å². The van der Waals surface area contributed by atoms with Crippen molar-refractivity contribution in [3.63, 3.8) is 0 Å². The third kappa shape index (κ3) is 3.03. The standard InChI is InChI=1S/C11H12N4O2Se/c12-14-13-5-7-17-8-6-15-11(16)9-3-1-2-4-10(9)18-15/h1-4H,5-8H2. The molecule has 18 heavy (non-hydrogen) atoms. The molecule has 2 rings (SSSR count). The average molecular weight is 311 g/mol. The number of hydrogen-bond donors (Lipinski definition) is 0. The molecule has 1 heterocycles. The summed E-state index contributed by atoms with van der Waals surface area (Å²) in [5.74, 6) is 0. The predicted molar refractivity (Wildman–Crippen MR) is 70.0 cm³/mol. The van der Waals surface area contributed by atoms with Crippen molar-refractivity contribution in [2.45, 2.75) is 6.54 Å². The minimum atomic E-state index is 0.0574. The molecule has 0 amide bonds. The average Bonchev–Trinajstić information content (AvgIpc) is 2.71. The van der Waals surface area contributed by atoms with E-state index in [-0.39, 0.29) is 20.3 Å². The van der Waals surface area contributed by atoms with Gasteiger partial charge in [-0.3, -0.25) is 0 Å². The van der Waals surface area contributed by atoms with Crippen LogP contribution in [0, 0.1) is 0 Å². The van der Waals surface area contributed by atoms with E-state index in [2.05, 4.69) is 10.0 Å². The van der Waals surface area contributed by atoms with Crippen molar-refractivity contribution in [1.29, 1.82) is 0 Å². The second-order valence-corrected chi connectivity index (χ2v) is 5.79. The van der Waals surface area contributed by atoms with Gasteiger partial charge in [-0.1, -0.05) is 0 Å². The van der Waals surface area contributed by atoms with E-state index >= 15 is 0 Å². The molecule has 2 aromatic rings. The number of rotatable bonds is 6. The number of benzene rings is 1. The van der Waals surface area contributed by atoms with Crippen LogP contribution < -0.4 is 5.56 Å². The van der Waals surface area contributed by atoms with Crippen molar-refractivity contribution in [3.8, 4) is 0 Å². The summed E-state index contributed by atoms with van der Waals surface area (Å²) in [6.45, 7) is 1.79. The Morgan fingerprint density at radius 3 is 3.00 bits per heavy atom. The number of nitrogens with zero attached hydrogens (tertiary/aromatic N) is 4. The van der Waals surface area contributed by atoms with Crippen LogP contribution in [0.4, 0.5) is 0 Å². The van der Waals surface area contributed by atoms with Gasteiger partial charge in [0.05, 0.1) is 0 Å². The predicted octanol–water partition coefficient (Wildman–Crippen LogP) is 1.39. The minimum absolute atomic E-state index is 0.0574. The molecule has 0 aliphatic rings. The Morgan fingerprint density at radius 1 is 1.39 bits per heavy atom. The quantitative estimate of drug-likeness (QED) is 0.266. The Labute approximate surface area is 109 Å². The first-order chi connectivity index (χ1) is 8.83. The normalized spacial score (nSPS) is 10.4. The molecule has 0 bridgehead atoms. The zero-order chi connectivity index (χ0) is 12.8. The Bertz CT molecular complexity index is 627. The SMILES string of the molecule is [N-]=[N+]=NCCOCCn1[se]c2ccccc2c1=O. The van der Waals surface area contributed by atoms with Crippen LogP contribution >= 0.6 is 0 Å². The van der Waals surface area contributed by atoms with E-state index in [9.17, 15) is 4.79 Å². The van der Waals surface area contributed by atoms with Crippen molar-refractivity contribution in [1.82, 2.24) is 3.56 Å². The van der Waals surface area contributed by atoms with Crippen LogP contribution in [0.1, 0.15) is 0 Å². The Kier molecular flexibility index (Phi) is 4.61. The van der Waals surface area contributed by atoms with Gasteiger partial charge in [0.1, 0.15) is 0 Å². The Morgan fingerprint density at radius 2 is 2.22 bits per heavy atom. The van der Waals surface area contributed by atoms with E-state index < -0.39 is 0 Å². The molecule has 1 aromatic carbocycles. The summed E-state index contributed by atoms with van der Waals surface area (Å²) in [5, 5.41) is 4.18. The summed E-state index contributed by atoms with van der Waals surface area (Å²) in [6, 6.07) is 7.69. The summed E-state index contributed by atoms with van der Waals surface area (Å²) in [7, 11) is 0. The molecule has 0 aliphatic carbocycles. The third-order valence-electron chi connectivity index (χ3n) is 2.39. The maximum absolute atomic E-state index is 12.0. The molecule has 0 aliphatic heterocycles. The fraction of sp³-hybridized carbons (Fsp3) is 0.364.